The number of fused-ring (bicyclic) bond motifs is 2. The summed E-state index contributed by atoms with van der Waals surface area (Å²) < 4.78 is 6.30. The van der Waals surface area contributed by atoms with Gasteiger partial charge >= 0.3 is 0 Å². The molecule has 0 atom stereocenters. The van der Waals surface area contributed by atoms with Crippen LogP contribution in [0.15, 0.2) is 60.8 Å². The van der Waals surface area contributed by atoms with Crippen molar-refractivity contribution in [3.05, 3.63) is 60.8 Å². The quantitative estimate of drug-likeness (QED) is 0.285. The number of aromatic nitrogens is 4. The molecule has 2 aliphatic heterocycles. The van der Waals surface area contributed by atoms with Gasteiger partial charge in [0.15, 0.2) is 0 Å². The largest absolute Gasteiger partial charge is 0.490 e. The maximum Gasteiger partial charge on any atom is 0.137 e. The minimum absolute atomic E-state index is 0.283. The number of piperidine rings is 2. The van der Waals surface area contributed by atoms with Crippen molar-refractivity contribution in [2.24, 2.45) is 0 Å². The lowest BCUT2D eigenvalue weighted by Gasteiger charge is -2.28. The van der Waals surface area contributed by atoms with E-state index in [9.17, 15) is 0 Å². The summed E-state index contributed by atoms with van der Waals surface area (Å²) in [7, 11) is 0. The van der Waals surface area contributed by atoms with Crippen LogP contribution in [0.1, 0.15) is 32.1 Å². The molecule has 37 heavy (non-hydrogen) atoms. The molecular formula is C30H32N6O. The molecule has 188 valence electrons. The lowest BCUT2D eigenvalue weighted by molar-refractivity contribution is 0.162. The summed E-state index contributed by atoms with van der Waals surface area (Å²) in [5.74, 6) is 2.01. The summed E-state index contributed by atoms with van der Waals surface area (Å²) in [4.78, 5) is 10.8. The molecule has 3 N–H and O–H groups in total. The SMILES string of the molecule is c1cc(OC2CCNCC2)cc(-c2ccc3[nH]nc(-c4cc5c(N6CCCCC6)nccc5[nH]4)c3c2)c1. The van der Waals surface area contributed by atoms with Crippen molar-refractivity contribution in [3.63, 3.8) is 0 Å². The van der Waals surface area contributed by atoms with Crippen LogP contribution in [0, 0.1) is 0 Å². The Hall–Kier alpha value is -3.84. The zero-order valence-corrected chi connectivity index (χ0v) is 21.0. The molecule has 7 nitrogen and oxygen atoms in total. The fourth-order valence-corrected chi connectivity index (χ4v) is 5.78. The predicted molar refractivity (Wildman–Crippen MR) is 149 cm³/mol. The molecule has 0 amide bonds. The van der Waals surface area contributed by atoms with Gasteiger partial charge in [0.25, 0.3) is 0 Å². The molecule has 5 aromatic rings. The van der Waals surface area contributed by atoms with Crippen molar-refractivity contribution in [2.45, 2.75) is 38.2 Å². The van der Waals surface area contributed by atoms with E-state index < -0.39 is 0 Å². The van der Waals surface area contributed by atoms with Crippen LogP contribution >= 0.6 is 0 Å². The van der Waals surface area contributed by atoms with Crippen molar-refractivity contribution in [1.82, 2.24) is 25.5 Å². The van der Waals surface area contributed by atoms with Gasteiger partial charge in [-0.05, 0) is 92.7 Å². The number of hydrogen-bond donors (Lipinski definition) is 3. The monoisotopic (exact) mass is 492 g/mol. The molecule has 0 radical (unpaired) electrons. The van der Waals surface area contributed by atoms with Crippen LogP contribution in [-0.4, -0.2) is 52.4 Å². The molecule has 7 heteroatoms. The van der Waals surface area contributed by atoms with Crippen molar-refractivity contribution in [3.8, 4) is 28.3 Å². The second-order valence-electron chi connectivity index (χ2n) is 10.3. The van der Waals surface area contributed by atoms with E-state index in [2.05, 4.69) is 74.9 Å². The number of pyridine rings is 1. The zero-order chi connectivity index (χ0) is 24.6. The van der Waals surface area contributed by atoms with E-state index in [1.165, 1.54) is 19.3 Å². The molecule has 2 aromatic carbocycles. The third-order valence-corrected chi connectivity index (χ3v) is 7.76. The summed E-state index contributed by atoms with van der Waals surface area (Å²) in [6, 6.07) is 19.2. The van der Waals surface area contributed by atoms with Gasteiger partial charge in [0, 0.05) is 30.1 Å². The first kappa shape index (κ1) is 22.4. The summed E-state index contributed by atoms with van der Waals surface area (Å²) >= 11 is 0. The highest BCUT2D eigenvalue weighted by Crippen LogP contribution is 2.35. The maximum atomic E-state index is 6.30. The Morgan fingerprint density at radius 3 is 2.59 bits per heavy atom. The average Bonchev–Trinajstić information content (AvgIpc) is 3.58. The molecule has 3 aromatic heterocycles. The van der Waals surface area contributed by atoms with E-state index in [-0.39, 0.29) is 6.10 Å². The zero-order valence-electron chi connectivity index (χ0n) is 21.0. The van der Waals surface area contributed by atoms with Gasteiger partial charge in [-0.3, -0.25) is 5.10 Å². The Morgan fingerprint density at radius 1 is 0.838 bits per heavy atom. The molecular weight excluding hydrogens is 460 g/mol. The minimum Gasteiger partial charge on any atom is -0.490 e. The number of ether oxygens (including phenoxy) is 1. The first-order valence-electron chi connectivity index (χ1n) is 13.5. The van der Waals surface area contributed by atoms with E-state index in [0.29, 0.717) is 0 Å². The van der Waals surface area contributed by atoms with Crippen LogP contribution in [0.25, 0.3) is 44.3 Å². The normalized spacial score (nSPS) is 17.0. The topological polar surface area (TPSA) is 81.9 Å². The number of nitrogens with one attached hydrogen (secondary N) is 3. The van der Waals surface area contributed by atoms with Gasteiger partial charge in [0.2, 0.25) is 0 Å². The maximum absolute atomic E-state index is 6.30. The fraction of sp³-hybridized carbons (Fsp3) is 0.333. The van der Waals surface area contributed by atoms with Crippen LogP contribution < -0.4 is 15.0 Å². The lowest BCUT2D eigenvalue weighted by Crippen LogP contribution is -2.34. The van der Waals surface area contributed by atoms with Gasteiger partial charge in [-0.1, -0.05) is 18.2 Å². The molecule has 5 heterocycles. The summed E-state index contributed by atoms with van der Waals surface area (Å²) in [6.07, 6.45) is 8.05. The number of hydrogen-bond acceptors (Lipinski definition) is 5. The second kappa shape index (κ2) is 9.56. The van der Waals surface area contributed by atoms with Gasteiger partial charge in [0.05, 0.1) is 16.7 Å². The molecule has 2 aliphatic rings. The van der Waals surface area contributed by atoms with Crippen LogP contribution in [-0.2, 0) is 0 Å². The smallest absolute Gasteiger partial charge is 0.137 e. The van der Waals surface area contributed by atoms with E-state index in [1.54, 1.807) is 0 Å². The third-order valence-electron chi connectivity index (χ3n) is 7.76. The number of benzene rings is 2. The van der Waals surface area contributed by atoms with Crippen molar-refractivity contribution >= 4 is 27.6 Å². The van der Waals surface area contributed by atoms with Crippen molar-refractivity contribution in [2.75, 3.05) is 31.1 Å². The number of rotatable bonds is 5. The number of anilines is 1. The van der Waals surface area contributed by atoms with Crippen LogP contribution in [0.2, 0.25) is 0 Å². The van der Waals surface area contributed by atoms with E-state index in [0.717, 1.165) is 94.9 Å². The molecule has 2 fully saturated rings. The highest BCUT2D eigenvalue weighted by atomic mass is 16.5. The first-order chi connectivity index (χ1) is 18.3. The van der Waals surface area contributed by atoms with Crippen LogP contribution in [0.4, 0.5) is 5.82 Å². The van der Waals surface area contributed by atoms with Gasteiger partial charge < -0.3 is 19.9 Å². The van der Waals surface area contributed by atoms with Crippen LogP contribution in [0.5, 0.6) is 5.75 Å². The van der Waals surface area contributed by atoms with Gasteiger partial charge in [-0.2, -0.15) is 5.10 Å². The van der Waals surface area contributed by atoms with Gasteiger partial charge in [0.1, 0.15) is 23.4 Å². The van der Waals surface area contributed by atoms with Gasteiger partial charge in [-0.25, -0.2) is 4.98 Å². The molecule has 2 saturated heterocycles. The standard InChI is InChI=1S/C30H32N6O/c1-2-15-36(16-3-1)30-25-19-28(33-26(25)11-14-32-30)29-24-18-21(7-8-27(24)34-35-29)20-5-4-6-23(17-20)37-22-9-12-31-13-10-22/h4-8,11,14,17-19,22,31,33H,1-3,9-10,12-13,15-16H2,(H,34,35). The van der Waals surface area contributed by atoms with Gasteiger partial charge in [-0.15, -0.1) is 0 Å². The van der Waals surface area contributed by atoms with Crippen LogP contribution in [0.3, 0.4) is 0 Å². The highest BCUT2D eigenvalue weighted by molar-refractivity contribution is 6.00. The number of H-pyrrole nitrogens is 2. The first-order valence-corrected chi connectivity index (χ1v) is 13.5. The molecule has 0 aliphatic carbocycles. The molecule has 0 unspecified atom stereocenters. The number of aromatic amines is 2. The average molecular weight is 493 g/mol. The summed E-state index contributed by atoms with van der Waals surface area (Å²) in [6.45, 7) is 4.19. The Morgan fingerprint density at radius 2 is 1.70 bits per heavy atom. The lowest BCUT2D eigenvalue weighted by atomic mass is 10.0. The number of nitrogens with zero attached hydrogens (tertiary/aromatic N) is 3. The Balaban J connectivity index is 1.23. The second-order valence-corrected chi connectivity index (χ2v) is 10.3. The summed E-state index contributed by atoms with van der Waals surface area (Å²) in [5, 5.41) is 13.6. The Labute approximate surface area is 216 Å². The Kier molecular flexibility index (Phi) is 5.78. The molecule has 0 bridgehead atoms. The van der Waals surface area contributed by atoms with E-state index in [1.807, 2.05) is 6.20 Å². The third kappa shape index (κ3) is 4.33. The minimum atomic E-state index is 0.283. The summed E-state index contributed by atoms with van der Waals surface area (Å²) in [5.41, 5.74) is 6.35. The Bertz CT molecular complexity index is 1540. The highest BCUT2D eigenvalue weighted by Gasteiger charge is 2.19. The molecule has 0 spiro atoms. The van der Waals surface area contributed by atoms with Crippen molar-refractivity contribution in [1.29, 1.82) is 0 Å². The molecule has 7 rings (SSSR count). The van der Waals surface area contributed by atoms with Crippen molar-refractivity contribution < 1.29 is 4.74 Å². The predicted octanol–water partition coefficient (Wildman–Crippen LogP) is 5.89. The van der Waals surface area contributed by atoms with E-state index >= 15 is 0 Å². The van der Waals surface area contributed by atoms with E-state index in [4.69, 9.17) is 14.8 Å². The fourth-order valence-electron chi connectivity index (χ4n) is 5.78. The molecule has 0 saturated carbocycles.